The fourth-order valence-electron chi connectivity index (χ4n) is 1.05. The first kappa shape index (κ1) is 16.3. The van der Waals surface area contributed by atoms with Gasteiger partial charge < -0.3 is 31.7 Å². The molecule has 9 nitrogen and oxygen atoms in total. The highest BCUT2D eigenvalue weighted by atomic mass is 16.4. The zero-order valence-corrected chi connectivity index (χ0v) is 9.63. The van der Waals surface area contributed by atoms with E-state index in [1.54, 1.807) is 0 Å². The SMILES string of the molecule is NC(CNC(CNCCC(=O)O)C(=O)O)C(=O)O. The van der Waals surface area contributed by atoms with Crippen LogP contribution in [0.2, 0.25) is 0 Å². The van der Waals surface area contributed by atoms with Crippen LogP contribution in [0.25, 0.3) is 0 Å². The van der Waals surface area contributed by atoms with E-state index >= 15 is 0 Å². The van der Waals surface area contributed by atoms with Gasteiger partial charge in [-0.05, 0) is 0 Å². The van der Waals surface area contributed by atoms with Crippen LogP contribution in [-0.4, -0.2) is 64.9 Å². The molecule has 0 radical (unpaired) electrons. The summed E-state index contributed by atoms with van der Waals surface area (Å²) in [7, 11) is 0. The van der Waals surface area contributed by atoms with Gasteiger partial charge in [-0.2, -0.15) is 0 Å². The van der Waals surface area contributed by atoms with Crippen LogP contribution in [0.1, 0.15) is 6.42 Å². The predicted molar refractivity (Wildman–Crippen MR) is 60.2 cm³/mol. The molecular formula is C9H17N3O6. The number of aliphatic carboxylic acids is 3. The number of nitrogens with one attached hydrogen (secondary N) is 2. The molecule has 2 atom stereocenters. The van der Waals surface area contributed by atoms with Gasteiger partial charge in [0, 0.05) is 19.6 Å². The van der Waals surface area contributed by atoms with E-state index in [-0.39, 0.29) is 26.1 Å². The summed E-state index contributed by atoms with van der Waals surface area (Å²) < 4.78 is 0. The molecule has 0 saturated heterocycles. The Morgan fingerprint density at radius 3 is 2.11 bits per heavy atom. The molecule has 7 N–H and O–H groups in total. The van der Waals surface area contributed by atoms with E-state index in [2.05, 4.69) is 10.6 Å². The van der Waals surface area contributed by atoms with Crippen molar-refractivity contribution in [1.82, 2.24) is 10.6 Å². The summed E-state index contributed by atoms with van der Waals surface area (Å²) in [6.07, 6.45) is -0.124. The molecule has 104 valence electrons. The number of rotatable bonds is 10. The fourth-order valence-corrected chi connectivity index (χ4v) is 1.05. The Morgan fingerprint density at radius 2 is 1.67 bits per heavy atom. The number of carboxylic acid groups (broad SMARTS) is 3. The molecule has 18 heavy (non-hydrogen) atoms. The zero-order valence-electron chi connectivity index (χ0n) is 9.63. The Morgan fingerprint density at radius 1 is 1.06 bits per heavy atom. The molecule has 2 unspecified atom stereocenters. The van der Waals surface area contributed by atoms with Crippen molar-refractivity contribution < 1.29 is 29.7 Å². The highest BCUT2D eigenvalue weighted by molar-refractivity contribution is 5.75. The van der Waals surface area contributed by atoms with Gasteiger partial charge in [0.1, 0.15) is 12.1 Å². The molecule has 0 aliphatic heterocycles. The molecule has 0 aromatic heterocycles. The molecule has 0 saturated carbocycles. The van der Waals surface area contributed by atoms with Crippen molar-refractivity contribution in [3.8, 4) is 0 Å². The number of hydrogen-bond acceptors (Lipinski definition) is 6. The Bertz CT molecular complexity index is 309. The molecule has 0 heterocycles. The molecule has 0 aromatic rings. The van der Waals surface area contributed by atoms with Gasteiger partial charge in [0.2, 0.25) is 0 Å². The van der Waals surface area contributed by atoms with Gasteiger partial charge in [-0.1, -0.05) is 0 Å². The van der Waals surface area contributed by atoms with E-state index in [9.17, 15) is 14.4 Å². The summed E-state index contributed by atoms with van der Waals surface area (Å²) in [6.45, 7) is -0.0758. The van der Waals surface area contributed by atoms with Crippen LogP contribution in [0.15, 0.2) is 0 Å². The van der Waals surface area contributed by atoms with Gasteiger partial charge >= 0.3 is 17.9 Å². The van der Waals surface area contributed by atoms with Gasteiger partial charge in [0.25, 0.3) is 0 Å². The maximum Gasteiger partial charge on any atom is 0.322 e. The Kier molecular flexibility index (Phi) is 7.59. The lowest BCUT2D eigenvalue weighted by molar-refractivity contribution is -0.141. The normalized spacial score (nSPS) is 13.8. The summed E-state index contributed by atoms with van der Waals surface area (Å²) in [5.74, 6) is -3.39. The Labute approximate surface area is 103 Å². The number of hydrogen-bond donors (Lipinski definition) is 6. The molecule has 0 fully saturated rings. The lowest BCUT2D eigenvalue weighted by Gasteiger charge is -2.16. The average Bonchev–Trinajstić information content (AvgIpc) is 2.26. The van der Waals surface area contributed by atoms with Crippen LogP contribution in [0.5, 0.6) is 0 Å². The summed E-state index contributed by atoms with van der Waals surface area (Å²) in [6, 6.07) is -2.21. The second-order valence-corrected chi connectivity index (χ2v) is 3.59. The predicted octanol–water partition coefficient (Wildman–Crippen LogP) is -2.49. The topological polar surface area (TPSA) is 162 Å². The highest BCUT2D eigenvalue weighted by Crippen LogP contribution is 1.85. The second kappa shape index (κ2) is 8.39. The van der Waals surface area contributed by atoms with Crippen molar-refractivity contribution in [2.75, 3.05) is 19.6 Å². The molecule has 0 aliphatic rings. The molecular weight excluding hydrogens is 246 g/mol. The molecule has 0 aromatic carbocycles. The first-order valence-corrected chi connectivity index (χ1v) is 5.21. The van der Waals surface area contributed by atoms with Crippen LogP contribution in [0, 0.1) is 0 Å². The van der Waals surface area contributed by atoms with Gasteiger partial charge in [-0.15, -0.1) is 0 Å². The lowest BCUT2D eigenvalue weighted by atomic mass is 10.2. The van der Waals surface area contributed by atoms with Crippen molar-refractivity contribution >= 4 is 17.9 Å². The third kappa shape index (κ3) is 7.54. The smallest absolute Gasteiger partial charge is 0.322 e. The van der Waals surface area contributed by atoms with Gasteiger partial charge in [-0.3, -0.25) is 14.4 Å². The van der Waals surface area contributed by atoms with Crippen LogP contribution >= 0.6 is 0 Å². The van der Waals surface area contributed by atoms with E-state index in [0.29, 0.717) is 0 Å². The first-order valence-electron chi connectivity index (χ1n) is 5.21. The molecule has 9 heteroatoms. The van der Waals surface area contributed by atoms with E-state index in [4.69, 9.17) is 21.1 Å². The van der Waals surface area contributed by atoms with E-state index in [0.717, 1.165) is 0 Å². The lowest BCUT2D eigenvalue weighted by Crippen LogP contribution is -2.50. The summed E-state index contributed by atoms with van der Waals surface area (Å²) in [5, 5.41) is 30.8. The Hall–Kier alpha value is -1.71. The van der Waals surface area contributed by atoms with Crippen molar-refractivity contribution in [1.29, 1.82) is 0 Å². The number of nitrogens with two attached hydrogens (primary N) is 1. The Balaban J connectivity index is 3.96. The van der Waals surface area contributed by atoms with Crippen LogP contribution < -0.4 is 16.4 Å². The van der Waals surface area contributed by atoms with Gasteiger partial charge in [0.15, 0.2) is 0 Å². The third-order valence-corrected chi connectivity index (χ3v) is 2.06. The second-order valence-electron chi connectivity index (χ2n) is 3.59. The van der Waals surface area contributed by atoms with E-state index < -0.39 is 30.0 Å². The standard InChI is InChI=1S/C9H17N3O6/c10-5(8(15)16)3-12-6(9(17)18)4-11-2-1-7(13)14/h5-6,11-12H,1-4,10H2,(H,13,14)(H,15,16)(H,17,18). The van der Waals surface area contributed by atoms with E-state index in [1.165, 1.54) is 0 Å². The summed E-state index contributed by atoms with van der Waals surface area (Å²) >= 11 is 0. The third-order valence-electron chi connectivity index (χ3n) is 2.06. The van der Waals surface area contributed by atoms with Crippen molar-refractivity contribution in [2.24, 2.45) is 5.73 Å². The van der Waals surface area contributed by atoms with Crippen molar-refractivity contribution in [3.05, 3.63) is 0 Å². The first-order chi connectivity index (χ1) is 8.34. The average molecular weight is 263 g/mol. The molecule has 0 aliphatic carbocycles. The highest BCUT2D eigenvalue weighted by Gasteiger charge is 2.19. The van der Waals surface area contributed by atoms with E-state index in [1.807, 2.05) is 0 Å². The molecule has 0 amide bonds. The molecule has 0 rings (SSSR count). The largest absolute Gasteiger partial charge is 0.481 e. The number of carbonyl (C=O) groups is 3. The van der Waals surface area contributed by atoms with Crippen LogP contribution in [0.4, 0.5) is 0 Å². The maximum atomic E-state index is 10.8. The van der Waals surface area contributed by atoms with Crippen LogP contribution in [-0.2, 0) is 14.4 Å². The zero-order chi connectivity index (χ0) is 14.1. The minimum atomic E-state index is -1.23. The van der Waals surface area contributed by atoms with Crippen molar-refractivity contribution in [3.63, 3.8) is 0 Å². The number of carboxylic acids is 3. The quantitative estimate of drug-likeness (QED) is 0.234. The van der Waals surface area contributed by atoms with Gasteiger partial charge in [-0.25, -0.2) is 0 Å². The van der Waals surface area contributed by atoms with Crippen molar-refractivity contribution in [2.45, 2.75) is 18.5 Å². The summed E-state index contributed by atoms with van der Waals surface area (Å²) in [5.41, 5.74) is 5.21. The fraction of sp³-hybridized carbons (Fsp3) is 0.667. The van der Waals surface area contributed by atoms with Crippen LogP contribution in [0.3, 0.4) is 0 Å². The summed E-state index contributed by atoms with van der Waals surface area (Å²) in [4.78, 5) is 31.4. The minimum absolute atomic E-state index is 0.0189. The monoisotopic (exact) mass is 263 g/mol. The minimum Gasteiger partial charge on any atom is -0.481 e. The molecule has 0 bridgehead atoms. The maximum absolute atomic E-state index is 10.8. The van der Waals surface area contributed by atoms with Gasteiger partial charge in [0.05, 0.1) is 6.42 Å². The molecule has 0 spiro atoms.